The topological polar surface area (TPSA) is 54.4 Å². The molecule has 0 aliphatic rings. The highest BCUT2D eigenvalue weighted by Crippen LogP contribution is 2.32. The number of carboxylic acids is 1. The predicted octanol–water partition coefficient (Wildman–Crippen LogP) is 7.20. The van der Waals surface area contributed by atoms with Crippen LogP contribution in [0.15, 0.2) is 12.1 Å². The maximum absolute atomic E-state index is 12.6. The SMILES string of the molecule is CCCCCCCCC(C)(CCCCC(=O)c1c(C)cc(C)cc1C)C(=O)O. The standard InChI is InChI=1S/C25H40O3/c1-6-7-8-9-10-12-15-25(5,24(27)28)16-13-11-14-22(26)23-20(3)17-19(2)18-21(23)4/h17-18H,6-16H2,1-5H3,(H,27,28). The lowest BCUT2D eigenvalue weighted by Crippen LogP contribution is -2.27. The second-order valence-corrected chi connectivity index (χ2v) is 8.79. The number of benzene rings is 1. The molecule has 1 rings (SSSR count). The quantitative estimate of drug-likeness (QED) is 0.271. The summed E-state index contributed by atoms with van der Waals surface area (Å²) in [5, 5.41) is 9.69. The molecule has 1 unspecified atom stereocenters. The fourth-order valence-corrected chi connectivity index (χ4v) is 4.18. The maximum Gasteiger partial charge on any atom is 0.309 e. The van der Waals surface area contributed by atoms with Crippen molar-refractivity contribution in [2.24, 2.45) is 5.41 Å². The van der Waals surface area contributed by atoms with Crippen molar-refractivity contribution in [3.05, 3.63) is 34.4 Å². The molecule has 0 saturated heterocycles. The fraction of sp³-hybridized carbons (Fsp3) is 0.680. The first-order chi connectivity index (χ1) is 13.2. The Labute approximate surface area is 171 Å². The van der Waals surface area contributed by atoms with Gasteiger partial charge < -0.3 is 5.11 Å². The molecule has 0 saturated carbocycles. The summed E-state index contributed by atoms with van der Waals surface area (Å²) in [7, 11) is 0. The highest BCUT2D eigenvalue weighted by atomic mass is 16.4. The summed E-state index contributed by atoms with van der Waals surface area (Å²) >= 11 is 0. The Bertz CT molecular complexity index is 624. The lowest BCUT2D eigenvalue weighted by Gasteiger charge is -2.24. The zero-order valence-corrected chi connectivity index (χ0v) is 18.7. The zero-order valence-electron chi connectivity index (χ0n) is 18.7. The molecule has 158 valence electrons. The number of hydrogen-bond acceptors (Lipinski definition) is 2. The summed E-state index contributed by atoms with van der Waals surface area (Å²) < 4.78 is 0. The Balaban J connectivity index is 2.46. The lowest BCUT2D eigenvalue weighted by molar-refractivity contribution is -0.149. The van der Waals surface area contributed by atoms with Crippen molar-refractivity contribution in [3.63, 3.8) is 0 Å². The minimum absolute atomic E-state index is 0.183. The van der Waals surface area contributed by atoms with Gasteiger partial charge >= 0.3 is 5.97 Å². The first-order valence-electron chi connectivity index (χ1n) is 11.1. The van der Waals surface area contributed by atoms with Crippen LogP contribution in [0, 0.1) is 26.2 Å². The van der Waals surface area contributed by atoms with Crippen LogP contribution in [0.1, 0.15) is 112 Å². The van der Waals surface area contributed by atoms with Gasteiger partial charge in [-0.1, -0.05) is 69.6 Å². The number of aryl methyl sites for hydroxylation is 3. The van der Waals surface area contributed by atoms with Crippen molar-refractivity contribution >= 4 is 11.8 Å². The lowest BCUT2D eigenvalue weighted by atomic mass is 9.79. The van der Waals surface area contributed by atoms with Crippen LogP contribution >= 0.6 is 0 Å². The van der Waals surface area contributed by atoms with Crippen molar-refractivity contribution in [2.45, 2.75) is 105 Å². The summed E-state index contributed by atoms with van der Waals surface area (Å²) in [6.45, 7) is 10.1. The number of carbonyl (C=O) groups excluding carboxylic acids is 1. The number of hydrogen-bond donors (Lipinski definition) is 1. The molecule has 0 amide bonds. The molecule has 0 aliphatic carbocycles. The van der Waals surface area contributed by atoms with Crippen molar-refractivity contribution in [1.82, 2.24) is 0 Å². The number of ketones is 1. The molecule has 0 fully saturated rings. The van der Waals surface area contributed by atoms with Gasteiger partial charge in [-0.3, -0.25) is 9.59 Å². The second-order valence-electron chi connectivity index (χ2n) is 8.79. The first-order valence-corrected chi connectivity index (χ1v) is 11.1. The molecule has 3 nitrogen and oxygen atoms in total. The number of carbonyl (C=O) groups is 2. The fourth-order valence-electron chi connectivity index (χ4n) is 4.18. The minimum atomic E-state index is -0.697. The third-order valence-electron chi connectivity index (χ3n) is 5.94. The number of aliphatic carboxylic acids is 1. The van der Waals surface area contributed by atoms with Gasteiger partial charge in [0.25, 0.3) is 0 Å². The van der Waals surface area contributed by atoms with Gasteiger partial charge in [0.1, 0.15) is 0 Å². The molecule has 0 aromatic heterocycles. The summed E-state index contributed by atoms with van der Waals surface area (Å²) in [6, 6.07) is 4.12. The van der Waals surface area contributed by atoms with Crippen LogP contribution in [-0.4, -0.2) is 16.9 Å². The average Bonchev–Trinajstić information content (AvgIpc) is 2.60. The molecule has 0 radical (unpaired) electrons. The average molecular weight is 389 g/mol. The third-order valence-corrected chi connectivity index (χ3v) is 5.94. The highest BCUT2D eigenvalue weighted by Gasteiger charge is 2.31. The van der Waals surface area contributed by atoms with Crippen LogP contribution < -0.4 is 0 Å². The molecule has 0 aliphatic heterocycles. The van der Waals surface area contributed by atoms with Gasteiger partial charge in [-0.15, -0.1) is 0 Å². The van der Waals surface area contributed by atoms with E-state index in [0.29, 0.717) is 12.8 Å². The van der Waals surface area contributed by atoms with E-state index in [1.165, 1.54) is 31.2 Å². The van der Waals surface area contributed by atoms with Gasteiger partial charge in [-0.05, 0) is 58.1 Å². The largest absolute Gasteiger partial charge is 0.481 e. The van der Waals surface area contributed by atoms with E-state index in [1.807, 2.05) is 27.7 Å². The van der Waals surface area contributed by atoms with Crippen molar-refractivity contribution in [3.8, 4) is 0 Å². The molecule has 28 heavy (non-hydrogen) atoms. The molecular formula is C25H40O3. The van der Waals surface area contributed by atoms with E-state index in [0.717, 1.165) is 48.8 Å². The number of rotatable bonds is 14. The molecule has 1 atom stereocenters. The van der Waals surface area contributed by atoms with Gasteiger partial charge in [-0.25, -0.2) is 0 Å². The second kappa shape index (κ2) is 12.0. The molecule has 1 N–H and O–H groups in total. The van der Waals surface area contributed by atoms with E-state index in [-0.39, 0.29) is 5.78 Å². The maximum atomic E-state index is 12.6. The van der Waals surface area contributed by atoms with Gasteiger partial charge in [0.15, 0.2) is 5.78 Å². The molecule has 3 heteroatoms. The summed E-state index contributed by atoms with van der Waals surface area (Å²) in [6.07, 6.45) is 10.5. The van der Waals surface area contributed by atoms with Crippen molar-refractivity contribution in [1.29, 1.82) is 0 Å². The molecule has 1 aromatic rings. The Kier molecular flexibility index (Phi) is 10.5. The molecule has 0 bridgehead atoms. The van der Waals surface area contributed by atoms with E-state index in [1.54, 1.807) is 0 Å². The zero-order chi connectivity index (χ0) is 21.2. The minimum Gasteiger partial charge on any atom is -0.481 e. The molecular weight excluding hydrogens is 348 g/mol. The monoisotopic (exact) mass is 388 g/mol. The van der Waals surface area contributed by atoms with E-state index in [2.05, 4.69) is 19.1 Å². The van der Waals surface area contributed by atoms with Crippen LogP contribution in [-0.2, 0) is 4.79 Å². The molecule has 1 aromatic carbocycles. The van der Waals surface area contributed by atoms with Crippen LogP contribution in [0.4, 0.5) is 0 Å². The summed E-state index contributed by atoms with van der Waals surface area (Å²) in [5.74, 6) is -0.513. The van der Waals surface area contributed by atoms with Gasteiger partial charge in [0.2, 0.25) is 0 Å². The van der Waals surface area contributed by atoms with Gasteiger partial charge in [0, 0.05) is 12.0 Å². The highest BCUT2D eigenvalue weighted by molar-refractivity contribution is 5.98. The summed E-state index contributed by atoms with van der Waals surface area (Å²) in [5.41, 5.74) is 3.45. The van der Waals surface area contributed by atoms with E-state index >= 15 is 0 Å². The number of unbranched alkanes of at least 4 members (excludes halogenated alkanes) is 6. The molecule has 0 heterocycles. The predicted molar refractivity (Wildman–Crippen MR) is 117 cm³/mol. The van der Waals surface area contributed by atoms with E-state index in [4.69, 9.17) is 0 Å². The van der Waals surface area contributed by atoms with E-state index in [9.17, 15) is 14.7 Å². The van der Waals surface area contributed by atoms with Gasteiger partial charge in [0.05, 0.1) is 5.41 Å². The Morgan fingerprint density at radius 1 is 0.857 bits per heavy atom. The van der Waals surface area contributed by atoms with Gasteiger partial charge in [-0.2, -0.15) is 0 Å². The number of carboxylic acid groups (broad SMARTS) is 1. The van der Waals surface area contributed by atoms with Crippen molar-refractivity contribution < 1.29 is 14.7 Å². The van der Waals surface area contributed by atoms with Crippen LogP contribution in [0.2, 0.25) is 0 Å². The van der Waals surface area contributed by atoms with Crippen LogP contribution in [0.5, 0.6) is 0 Å². The normalized spacial score (nSPS) is 13.3. The third kappa shape index (κ3) is 7.77. The van der Waals surface area contributed by atoms with Crippen molar-refractivity contribution in [2.75, 3.05) is 0 Å². The first kappa shape index (κ1) is 24.4. The molecule has 0 spiro atoms. The van der Waals surface area contributed by atoms with Crippen LogP contribution in [0.25, 0.3) is 0 Å². The number of Topliss-reactive ketones (excluding diaryl/α,β-unsaturated/α-hetero) is 1. The Morgan fingerprint density at radius 2 is 1.36 bits per heavy atom. The van der Waals surface area contributed by atoms with Crippen LogP contribution in [0.3, 0.4) is 0 Å². The Hall–Kier alpha value is -1.64. The summed E-state index contributed by atoms with van der Waals surface area (Å²) in [4.78, 5) is 24.4. The Morgan fingerprint density at radius 3 is 1.89 bits per heavy atom. The van der Waals surface area contributed by atoms with E-state index < -0.39 is 11.4 Å². The smallest absolute Gasteiger partial charge is 0.309 e.